The predicted octanol–water partition coefficient (Wildman–Crippen LogP) is 2.43. The van der Waals surface area contributed by atoms with Gasteiger partial charge in [-0.15, -0.1) is 0 Å². The average Bonchev–Trinajstić information content (AvgIpc) is 3.00. The molecule has 1 fully saturated rings. The van der Waals surface area contributed by atoms with E-state index in [1.54, 1.807) is 6.07 Å². The molecule has 2 atom stereocenters. The van der Waals surface area contributed by atoms with Crippen LogP contribution in [0.1, 0.15) is 29.2 Å². The van der Waals surface area contributed by atoms with Crippen LogP contribution >= 0.6 is 0 Å². The lowest BCUT2D eigenvalue weighted by Gasteiger charge is -2.45. The Bertz CT molecular complexity index is 784. The number of hydrogen-bond donors (Lipinski definition) is 0. The summed E-state index contributed by atoms with van der Waals surface area (Å²) in [5.74, 6) is 1.16. The van der Waals surface area contributed by atoms with Crippen molar-refractivity contribution in [3.8, 4) is 0 Å². The Morgan fingerprint density at radius 1 is 0.870 bits per heavy atom. The second-order valence-corrected chi connectivity index (χ2v) is 7.48. The number of fused-ring (bicyclic) bond motifs is 5. The SMILES string of the molecule is O=c1cccc2n1C[C@H]1C[C@H]2CN(C2Cc3ccccc3C2)C1. The third kappa shape index (κ3) is 2.18. The van der Waals surface area contributed by atoms with Crippen molar-refractivity contribution < 1.29 is 0 Å². The van der Waals surface area contributed by atoms with Crippen molar-refractivity contribution >= 4 is 0 Å². The molecule has 0 unspecified atom stereocenters. The van der Waals surface area contributed by atoms with Crippen LogP contribution in [0.4, 0.5) is 0 Å². The van der Waals surface area contributed by atoms with Crippen LogP contribution in [-0.2, 0) is 19.4 Å². The van der Waals surface area contributed by atoms with Gasteiger partial charge in [0.15, 0.2) is 0 Å². The first-order valence-electron chi connectivity index (χ1n) is 8.78. The molecule has 1 aliphatic carbocycles. The molecule has 0 amide bonds. The van der Waals surface area contributed by atoms with Crippen LogP contribution in [0.2, 0.25) is 0 Å². The summed E-state index contributed by atoms with van der Waals surface area (Å²) in [6, 6.07) is 15.3. The molecule has 1 aromatic carbocycles. The van der Waals surface area contributed by atoms with Crippen molar-refractivity contribution in [2.45, 2.75) is 37.8 Å². The fourth-order valence-electron chi connectivity index (χ4n) is 5.03. The summed E-state index contributed by atoms with van der Waals surface area (Å²) in [5, 5.41) is 0. The topological polar surface area (TPSA) is 25.2 Å². The number of nitrogens with zero attached hydrogens (tertiary/aromatic N) is 2. The molecule has 118 valence electrons. The van der Waals surface area contributed by atoms with E-state index in [4.69, 9.17) is 0 Å². The largest absolute Gasteiger partial charge is 0.312 e. The highest BCUT2D eigenvalue weighted by molar-refractivity contribution is 5.33. The van der Waals surface area contributed by atoms with E-state index in [1.165, 1.54) is 36.1 Å². The summed E-state index contributed by atoms with van der Waals surface area (Å²) in [7, 11) is 0. The van der Waals surface area contributed by atoms with Gasteiger partial charge in [0.2, 0.25) is 0 Å². The molecule has 1 saturated heterocycles. The zero-order chi connectivity index (χ0) is 15.4. The van der Waals surface area contributed by atoms with Gasteiger partial charge in [0.25, 0.3) is 5.56 Å². The molecular formula is C20H22N2O. The molecule has 3 aliphatic rings. The van der Waals surface area contributed by atoms with Crippen LogP contribution in [0.15, 0.2) is 47.3 Å². The Morgan fingerprint density at radius 2 is 1.65 bits per heavy atom. The summed E-state index contributed by atoms with van der Waals surface area (Å²) in [6.45, 7) is 3.16. The van der Waals surface area contributed by atoms with E-state index in [-0.39, 0.29) is 5.56 Å². The summed E-state index contributed by atoms with van der Waals surface area (Å²) in [4.78, 5) is 14.8. The number of pyridine rings is 1. The summed E-state index contributed by atoms with van der Waals surface area (Å²) < 4.78 is 2.03. The number of aromatic nitrogens is 1. The highest BCUT2D eigenvalue weighted by Gasteiger charge is 2.38. The van der Waals surface area contributed by atoms with E-state index in [9.17, 15) is 4.79 Å². The van der Waals surface area contributed by atoms with E-state index in [1.807, 2.05) is 10.6 Å². The number of rotatable bonds is 1. The fourth-order valence-corrected chi connectivity index (χ4v) is 5.03. The van der Waals surface area contributed by atoms with E-state index in [0.29, 0.717) is 17.9 Å². The van der Waals surface area contributed by atoms with Gasteiger partial charge in [-0.1, -0.05) is 30.3 Å². The van der Waals surface area contributed by atoms with Crippen LogP contribution in [0.3, 0.4) is 0 Å². The first kappa shape index (κ1) is 13.6. The van der Waals surface area contributed by atoms with Crippen LogP contribution < -0.4 is 5.56 Å². The number of piperidine rings is 1. The van der Waals surface area contributed by atoms with Gasteiger partial charge in [0, 0.05) is 43.4 Å². The van der Waals surface area contributed by atoms with Crippen LogP contribution in [-0.4, -0.2) is 28.6 Å². The Balaban J connectivity index is 1.42. The zero-order valence-electron chi connectivity index (χ0n) is 13.3. The molecule has 0 N–H and O–H groups in total. The maximum absolute atomic E-state index is 12.1. The molecular weight excluding hydrogens is 284 g/mol. The zero-order valence-corrected chi connectivity index (χ0v) is 13.3. The van der Waals surface area contributed by atoms with Crippen molar-refractivity contribution in [1.82, 2.24) is 9.47 Å². The van der Waals surface area contributed by atoms with Crippen molar-refractivity contribution in [3.63, 3.8) is 0 Å². The molecule has 3 heterocycles. The quantitative estimate of drug-likeness (QED) is 0.808. The minimum Gasteiger partial charge on any atom is -0.312 e. The van der Waals surface area contributed by atoms with E-state index < -0.39 is 0 Å². The standard InChI is InChI=1S/C20H22N2O/c23-20-7-3-6-19-17-8-14(12-22(19)20)11-21(13-17)18-9-15-4-1-2-5-16(15)10-18/h1-7,14,17-18H,8-13H2/t14-,17-/m0/s1. The van der Waals surface area contributed by atoms with Gasteiger partial charge >= 0.3 is 0 Å². The molecule has 23 heavy (non-hydrogen) atoms. The predicted molar refractivity (Wildman–Crippen MR) is 90.8 cm³/mol. The van der Waals surface area contributed by atoms with Crippen LogP contribution in [0, 0.1) is 5.92 Å². The second-order valence-electron chi connectivity index (χ2n) is 7.48. The summed E-state index contributed by atoms with van der Waals surface area (Å²) in [5.41, 5.74) is 4.50. The molecule has 3 nitrogen and oxygen atoms in total. The van der Waals surface area contributed by atoms with Crippen LogP contribution in [0.25, 0.3) is 0 Å². The Labute approximate surface area is 136 Å². The first-order chi connectivity index (χ1) is 11.3. The highest BCUT2D eigenvalue weighted by atomic mass is 16.1. The first-order valence-corrected chi connectivity index (χ1v) is 8.78. The van der Waals surface area contributed by atoms with Gasteiger partial charge in [-0.05, 0) is 42.4 Å². The number of likely N-dealkylation sites (tertiary alicyclic amines) is 1. The third-order valence-electron chi connectivity index (χ3n) is 6.05. The van der Waals surface area contributed by atoms with Crippen molar-refractivity contribution in [3.05, 3.63) is 69.6 Å². The van der Waals surface area contributed by atoms with Gasteiger partial charge in [0.1, 0.15) is 0 Å². The number of benzene rings is 1. The van der Waals surface area contributed by atoms with E-state index >= 15 is 0 Å². The smallest absolute Gasteiger partial charge is 0.250 e. The Morgan fingerprint density at radius 3 is 2.43 bits per heavy atom. The van der Waals surface area contributed by atoms with Gasteiger partial charge in [0.05, 0.1) is 0 Å². The molecule has 2 bridgehead atoms. The fraction of sp³-hybridized carbons (Fsp3) is 0.450. The van der Waals surface area contributed by atoms with Crippen LogP contribution in [0.5, 0.6) is 0 Å². The maximum atomic E-state index is 12.1. The summed E-state index contributed by atoms with van der Waals surface area (Å²) >= 11 is 0. The van der Waals surface area contributed by atoms with Gasteiger partial charge in [-0.3, -0.25) is 9.69 Å². The third-order valence-corrected chi connectivity index (χ3v) is 6.05. The maximum Gasteiger partial charge on any atom is 0.250 e. The molecule has 2 aromatic rings. The Hall–Kier alpha value is -1.87. The Kier molecular flexibility index (Phi) is 2.99. The molecule has 0 radical (unpaired) electrons. The van der Waals surface area contributed by atoms with E-state index in [2.05, 4.69) is 35.2 Å². The van der Waals surface area contributed by atoms with Gasteiger partial charge < -0.3 is 4.57 Å². The lowest BCUT2D eigenvalue weighted by molar-refractivity contribution is 0.0847. The molecule has 2 aliphatic heterocycles. The molecule has 1 aromatic heterocycles. The number of hydrogen-bond acceptors (Lipinski definition) is 2. The highest BCUT2D eigenvalue weighted by Crippen LogP contribution is 2.37. The van der Waals surface area contributed by atoms with Crippen molar-refractivity contribution in [2.75, 3.05) is 13.1 Å². The minimum absolute atomic E-state index is 0.180. The average molecular weight is 306 g/mol. The molecule has 0 saturated carbocycles. The lowest BCUT2D eigenvalue weighted by atomic mass is 9.82. The van der Waals surface area contributed by atoms with Crippen molar-refractivity contribution in [1.29, 1.82) is 0 Å². The van der Waals surface area contributed by atoms with Crippen molar-refractivity contribution in [2.24, 2.45) is 5.92 Å². The van der Waals surface area contributed by atoms with E-state index in [0.717, 1.165) is 19.6 Å². The second kappa shape index (κ2) is 5.07. The van der Waals surface area contributed by atoms with Gasteiger partial charge in [-0.25, -0.2) is 0 Å². The normalized spacial score (nSPS) is 26.8. The summed E-state index contributed by atoms with van der Waals surface area (Å²) in [6.07, 6.45) is 3.63. The molecule has 5 rings (SSSR count). The minimum atomic E-state index is 0.180. The molecule has 0 spiro atoms. The van der Waals surface area contributed by atoms with Gasteiger partial charge in [-0.2, -0.15) is 0 Å². The monoisotopic (exact) mass is 306 g/mol. The lowest BCUT2D eigenvalue weighted by Crippen LogP contribution is -2.50. The molecule has 3 heteroatoms.